The van der Waals surface area contributed by atoms with E-state index in [0.29, 0.717) is 54.3 Å². The van der Waals surface area contributed by atoms with Crippen molar-refractivity contribution < 1.29 is 28.2 Å². The Morgan fingerprint density at radius 2 is 1.70 bits per heavy atom. The minimum atomic E-state index is -0.679. The Hall–Kier alpha value is -3.91. The van der Waals surface area contributed by atoms with E-state index in [4.69, 9.17) is 14.2 Å². The average molecular weight is 507 g/mol. The first-order valence-corrected chi connectivity index (χ1v) is 12.1. The summed E-state index contributed by atoms with van der Waals surface area (Å²) in [6.07, 6.45) is 0.577. The highest BCUT2D eigenvalue weighted by Crippen LogP contribution is 2.42. The zero-order valence-corrected chi connectivity index (χ0v) is 21.2. The fourth-order valence-corrected chi connectivity index (χ4v) is 4.82. The van der Waals surface area contributed by atoms with Gasteiger partial charge in [-0.25, -0.2) is 4.39 Å². The van der Waals surface area contributed by atoms with Crippen molar-refractivity contribution in [3.05, 3.63) is 94.8 Å². The van der Waals surface area contributed by atoms with Crippen LogP contribution in [-0.2, 0) is 16.0 Å². The smallest absolute Gasteiger partial charge is 0.254 e. The molecule has 0 saturated carbocycles. The molecule has 2 atom stereocenters. The van der Waals surface area contributed by atoms with Gasteiger partial charge < -0.3 is 24.4 Å². The molecule has 0 saturated heterocycles. The van der Waals surface area contributed by atoms with Crippen molar-refractivity contribution in [2.75, 3.05) is 41.0 Å². The topological polar surface area (TPSA) is 77.1 Å². The van der Waals surface area contributed by atoms with Crippen molar-refractivity contribution in [2.24, 2.45) is 0 Å². The average Bonchev–Trinajstić information content (AvgIpc) is 2.92. The second-order valence-electron chi connectivity index (χ2n) is 8.78. The predicted molar refractivity (Wildman–Crippen MR) is 137 cm³/mol. The lowest BCUT2D eigenvalue weighted by Gasteiger charge is -2.41. The van der Waals surface area contributed by atoms with Crippen LogP contribution in [0, 0.1) is 5.82 Å². The van der Waals surface area contributed by atoms with Crippen LogP contribution in [-0.4, -0.2) is 57.7 Å². The number of hydrogen-bond acceptors (Lipinski definition) is 5. The third-order valence-electron chi connectivity index (χ3n) is 6.63. The van der Waals surface area contributed by atoms with E-state index >= 15 is 0 Å². The van der Waals surface area contributed by atoms with Gasteiger partial charge in [0, 0.05) is 25.8 Å². The third kappa shape index (κ3) is 5.59. The number of carbonyl (C=O) groups is 2. The fraction of sp³-hybridized carbons (Fsp3) is 0.310. The van der Waals surface area contributed by atoms with Gasteiger partial charge in [-0.2, -0.15) is 0 Å². The molecule has 0 radical (unpaired) electrons. The number of fused-ring (bicyclic) bond motifs is 1. The van der Waals surface area contributed by atoms with Gasteiger partial charge in [0.15, 0.2) is 11.5 Å². The molecule has 1 N–H and O–H groups in total. The summed E-state index contributed by atoms with van der Waals surface area (Å²) in [6, 6.07) is 18.1. The van der Waals surface area contributed by atoms with Crippen LogP contribution in [0.15, 0.2) is 66.7 Å². The van der Waals surface area contributed by atoms with Crippen molar-refractivity contribution in [1.29, 1.82) is 0 Å². The minimum Gasteiger partial charge on any atom is -0.493 e. The third-order valence-corrected chi connectivity index (χ3v) is 6.63. The Morgan fingerprint density at radius 3 is 2.41 bits per heavy atom. The molecule has 2 amide bonds. The van der Waals surface area contributed by atoms with Crippen LogP contribution in [0.4, 0.5) is 4.39 Å². The SMILES string of the molecule is COCCN1C(=O)c2ccccc2[C@H](C(=O)NCCc2ccc(OC)c(OC)c2)[C@@H]1c1ccc(F)cc1. The molecule has 3 aromatic carbocycles. The number of methoxy groups -OCH3 is 3. The maximum absolute atomic E-state index is 13.8. The standard InChI is InChI=1S/C29H31FN2O5/c1-35-17-16-32-27(20-9-11-21(30)12-10-20)26(22-6-4-5-7-23(22)29(32)34)28(33)31-15-14-19-8-13-24(36-2)25(18-19)37-3/h4-13,18,26-27H,14-17H2,1-3H3,(H,31,33)/t26-,27-/m0/s1. The maximum Gasteiger partial charge on any atom is 0.254 e. The number of rotatable bonds is 10. The molecule has 0 aliphatic carbocycles. The van der Waals surface area contributed by atoms with Crippen LogP contribution in [0.25, 0.3) is 0 Å². The summed E-state index contributed by atoms with van der Waals surface area (Å²) in [5, 5.41) is 3.06. The van der Waals surface area contributed by atoms with Crippen LogP contribution in [0.1, 0.15) is 39.0 Å². The fourth-order valence-electron chi connectivity index (χ4n) is 4.82. The Balaban J connectivity index is 1.63. The van der Waals surface area contributed by atoms with Crippen LogP contribution in [0.3, 0.4) is 0 Å². The number of halogens is 1. The molecule has 1 aliphatic heterocycles. The highest BCUT2D eigenvalue weighted by atomic mass is 19.1. The first-order chi connectivity index (χ1) is 18.0. The zero-order chi connectivity index (χ0) is 26.4. The summed E-state index contributed by atoms with van der Waals surface area (Å²) in [5.41, 5.74) is 2.80. The van der Waals surface area contributed by atoms with Crippen molar-refractivity contribution in [3.63, 3.8) is 0 Å². The summed E-state index contributed by atoms with van der Waals surface area (Å²) in [4.78, 5) is 28.9. The Labute approximate surface area is 216 Å². The van der Waals surface area contributed by atoms with Crippen molar-refractivity contribution in [3.8, 4) is 11.5 Å². The summed E-state index contributed by atoms with van der Waals surface area (Å²) < 4.78 is 29.7. The van der Waals surface area contributed by atoms with Gasteiger partial charge in [0.25, 0.3) is 5.91 Å². The summed E-state index contributed by atoms with van der Waals surface area (Å²) in [7, 11) is 4.72. The Kier molecular flexibility index (Phi) is 8.40. The second kappa shape index (κ2) is 11.9. The molecule has 0 aromatic heterocycles. The number of carbonyl (C=O) groups excluding carboxylic acids is 2. The lowest BCUT2D eigenvalue weighted by molar-refractivity contribution is -0.124. The number of amides is 2. The molecule has 4 rings (SSSR count). The first-order valence-electron chi connectivity index (χ1n) is 12.1. The Morgan fingerprint density at radius 1 is 0.973 bits per heavy atom. The number of nitrogens with one attached hydrogen (secondary N) is 1. The molecule has 37 heavy (non-hydrogen) atoms. The van der Waals surface area contributed by atoms with Crippen molar-refractivity contribution >= 4 is 11.8 Å². The number of benzene rings is 3. The van der Waals surface area contributed by atoms with Crippen molar-refractivity contribution in [1.82, 2.24) is 10.2 Å². The van der Waals surface area contributed by atoms with E-state index in [1.54, 1.807) is 50.5 Å². The largest absolute Gasteiger partial charge is 0.493 e. The zero-order valence-electron chi connectivity index (χ0n) is 21.2. The lowest BCUT2D eigenvalue weighted by Crippen LogP contribution is -2.48. The van der Waals surface area contributed by atoms with E-state index in [0.717, 1.165) is 5.56 Å². The normalized spacial score (nSPS) is 16.8. The highest BCUT2D eigenvalue weighted by molar-refractivity contribution is 6.01. The molecular formula is C29H31FN2O5. The maximum atomic E-state index is 13.8. The van der Waals surface area contributed by atoms with E-state index < -0.39 is 12.0 Å². The van der Waals surface area contributed by atoms with E-state index in [1.807, 2.05) is 30.3 Å². The monoisotopic (exact) mass is 506 g/mol. The summed E-state index contributed by atoms with van der Waals surface area (Å²) in [5.74, 6) is -0.200. The van der Waals surface area contributed by atoms with Gasteiger partial charge in [-0.05, 0) is 53.4 Å². The molecule has 194 valence electrons. The molecule has 1 heterocycles. The van der Waals surface area contributed by atoms with Gasteiger partial charge in [-0.1, -0.05) is 36.4 Å². The van der Waals surface area contributed by atoms with Gasteiger partial charge in [0.2, 0.25) is 5.91 Å². The van der Waals surface area contributed by atoms with Crippen molar-refractivity contribution in [2.45, 2.75) is 18.4 Å². The summed E-state index contributed by atoms with van der Waals surface area (Å²) in [6.45, 7) is 0.982. The molecule has 0 spiro atoms. The van der Waals surface area contributed by atoms with E-state index in [9.17, 15) is 14.0 Å². The molecular weight excluding hydrogens is 475 g/mol. The van der Waals surface area contributed by atoms with Gasteiger partial charge >= 0.3 is 0 Å². The number of nitrogens with zero attached hydrogens (tertiary/aromatic N) is 1. The first kappa shape index (κ1) is 26.2. The van der Waals surface area contributed by atoms with Gasteiger partial charge in [-0.3, -0.25) is 9.59 Å². The van der Waals surface area contributed by atoms with Crippen LogP contribution in [0.5, 0.6) is 11.5 Å². The van der Waals surface area contributed by atoms with Gasteiger partial charge in [-0.15, -0.1) is 0 Å². The Bertz CT molecular complexity index is 1250. The second-order valence-corrected chi connectivity index (χ2v) is 8.78. The molecule has 3 aromatic rings. The van der Waals surface area contributed by atoms with E-state index in [2.05, 4.69) is 5.32 Å². The molecule has 0 unspecified atom stereocenters. The molecule has 0 bridgehead atoms. The quantitative estimate of drug-likeness (QED) is 0.448. The number of hydrogen-bond donors (Lipinski definition) is 1. The minimum absolute atomic E-state index is 0.184. The lowest BCUT2D eigenvalue weighted by atomic mass is 9.79. The molecule has 0 fully saturated rings. The van der Waals surface area contributed by atoms with Gasteiger partial charge in [0.1, 0.15) is 5.82 Å². The molecule has 8 heteroatoms. The van der Waals surface area contributed by atoms with Crippen LogP contribution < -0.4 is 14.8 Å². The van der Waals surface area contributed by atoms with E-state index in [1.165, 1.54) is 12.1 Å². The molecule has 7 nitrogen and oxygen atoms in total. The number of ether oxygens (including phenoxy) is 3. The van der Waals surface area contributed by atoms with Crippen LogP contribution >= 0.6 is 0 Å². The van der Waals surface area contributed by atoms with E-state index in [-0.39, 0.29) is 17.6 Å². The highest BCUT2D eigenvalue weighted by Gasteiger charge is 2.43. The van der Waals surface area contributed by atoms with Gasteiger partial charge in [0.05, 0.1) is 32.8 Å². The summed E-state index contributed by atoms with van der Waals surface area (Å²) >= 11 is 0. The predicted octanol–water partition coefficient (Wildman–Crippen LogP) is 4.13. The van der Waals surface area contributed by atoms with Crippen LogP contribution in [0.2, 0.25) is 0 Å². The molecule has 1 aliphatic rings.